The molecule has 0 aliphatic rings. The number of carbonyl (C=O) groups is 2. The first-order chi connectivity index (χ1) is 16.0. The molecule has 0 bridgehead atoms. The van der Waals surface area contributed by atoms with Crippen LogP contribution in [0, 0.1) is 0 Å². The molecule has 0 fully saturated rings. The number of halogens is 2. The van der Waals surface area contributed by atoms with Crippen molar-refractivity contribution >= 4 is 55.6 Å². The third-order valence-corrected chi connectivity index (χ3v) is 4.96. The van der Waals surface area contributed by atoms with Gasteiger partial charge in [0.2, 0.25) is 0 Å². The van der Waals surface area contributed by atoms with Crippen LogP contribution in [0.5, 0.6) is 23.0 Å². The van der Waals surface area contributed by atoms with Gasteiger partial charge in [-0.1, -0.05) is 56.1 Å². The van der Waals surface area contributed by atoms with Gasteiger partial charge in [0, 0.05) is 10.7 Å². The zero-order valence-corrected chi connectivity index (χ0v) is 21.7. The van der Waals surface area contributed by atoms with Crippen LogP contribution in [0.1, 0.15) is 17.5 Å². The van der Waals surface area contributed by atoms with Gasteiger partial charge in [0.25, 0.3) is 0 Å². The fourth-order valence-electron chi connectivity index (χ4n) is 2.78. The lowest BCUT2D eigenvalue weighted by Crippen LogP contribution is -2.02. The second kappa shape index (κ2) is 14.5. The van der Waals surface area contributed by atoms with E-state index in [1.165, 1.54) is 12.2 Å². The zero-order valence-electron chi connectivity index (χ0n) is 18.5. The molecule has 0 saturated carbocycles. The first-order valence-corrected chi connectivity index (χ1v) is 12.4. The molecule has 0 heterocycles. The zero-order chi connectivity index (χ0) is 24.1. The summed E-state index contributed by atoms with van der Waals surface area (Å²) < 4.78 is 21.8. The smallest absolute Gasteiger partial charge is 0.163 e. The van der Waals surface area contributed by atoms with E-state index in [1.807, 2.05) is 12.1 Å². The Morgan fingerprint density at radius 3 is 1.52 bits per heavy atom. The van der Waals surface area contributed by atoms with E-state index < -0.39 is 0 Å². The highest BCUT2D eigenvalue weighted by Gasteiger charge is 2.08. The second-order valence-corrected chi connectivity index (χ2v) is 8.26. The molecular weight excluding hydrogens is 556 g/mol. The third kappa shape index (κ3) is 9.06. The molecule has 0 radical (unpaired) electrons. The van der Waals surface area contributed by atoms with E-state index >= 15 is 0 Å². The third-order valence-electron chi connectivity index (χ3n) is 4.32. The Morgan fingerprint density at radius 2 is 1.15 bits per heavy atom. The lowest BCUT2D eigenvalue weighted by atomic mass is 10.1. The van der Waals surface area contributed by atoms with E-state index in [1.54, 1.807) is 50.6 Å². The van der Waals surface area contributed by atoms with Gasteiger partial charge in [-0.3, -0.25) is 9.59 Å². The monoisotopic (exact) mass is 580 g/mol. The highest BCUT2D eigenvalue weighted by molar-refractivity contribution is 9.09. The molecule has 8 heteroatoms. The molecule has 0 unspecified atom stereocenters. The summed E-state index contributed by atoms with van der Waals surface area (Å²) in [5.74, 6) is 1.81. The summed E-state index contributed by atoms with van der Waals surface area (Å²) in [5, 5.41) is 1.42. The fourth-order valence-corrected chi connectivity index (χ4v) is 3.10. The summed E-state index contributed by atoms with van der Waals surface area (Å²) in [6.45, 7) is 1.03. The molecule has 0 aromatic heterocycles. The fraction of sp³-hybridized carbons (Fsp3) is 0.280. The SMILES string of the molecule is COc1cc(C=CC(=O)CC(=O)C=Cc2ccc(OCCBr)c(OC)c2)ccc1OCCBr. The Labute approximate surface area is 210 Å². The van der Waals surface area contributed by atoms with Gasteiger partial charge in [-0.25, -0.2) is 0 Å². The van der Waals surface area contributed by atoms with Crippen molar-refractivity contribution in [3.05, 3.63) is 59.7 Å². The first kappa shape index (κ1) is 26.7. The van der Waals surface area contributed by atoms with Crippen LogP contribution in [-0.4, -0.2) is 49.7 Å². The highest BCUT2D eigenvalue weighted by atomic mass is 79.9. The number of ketones is 2. The Hall–Kier alpha value is -2.58. The summed E-state index contributed by atoms with van der Waals surface area (Å²) in [4.78, 5) is 24.4. The molecule has 33 heavy (non-hydrogen) atoms. The Bertz CT molecular complexity index is 921. The van der Waals surface area contributed by atoms with Gasteiger partial charge in [-0.15, -0.1) is 0 Å². The van der Waals surface area contributed by atoms with Crippen molar-refractivity contribution in [3.8, 4) is 23.0 Å². The van der Waals surface area contributed by atoms with Crippen LogP contribution in [-0.2, 0) is 9.59 Å². The van der Waals surface area contributed by atoms with E-state index in [9.17, 15) is 9.59 Å². The first-order valence-electron chi connectivity index (χ1n) is 10.2. The van der Waals surface area contributed by atoms with Crippen molar-refractivity contribution in [1.29, 1.82) is 0 Å². The van der Waals surface area contributed by atoms with Crippen molar-refractivity contribution in [2.45, 2.75) is 6.42 Å². The largest absolute Gasteiger partial charge is 0.493 e. The quantitative estimate of drug-likeness (QED) is 0.166. The minimum Gasteiger partial charge on any atom is -0.493 e. The maximum Gasteiger partial charge on any atom is 0.163 e. The number of alkyl halides is 2. The van der Waals surface area contributed by atoms with E-state index in [0.717, 1.165) is 11.1 Å². The maximum atomic E-state index is 12.2. The van der Waals surface area contributed by atoms with Crippen LogP contribution in [0.3, 0.4) is 0 Å². The summed E-state index contributed by atoms with van der Waals surface area (Å²) in [6.07, 6.45) is 5.84. The van der Waals surface area contributed by atoms with E-state index in [2.05, 4.69) is 31.9 Å². The molecule has 2 rings (SSSR count). The lowest BCUT2D eigenvalue weighted by molar-refractivity contribution is -0.121. The van der Waals surface area contributed by atoms with Gasteiger partial charge in [0.1, 0.15) is 0 Å². The van der Waals surface area contributed by atoms with Crippen LogP contribution in [0.25, 0.3) is 12.2 Å². The maximum absolute atomic E-state index is 12.2. The van der Waals surface area contributed by atoms with E-state index in [-0.39, 0.29) is 18.0 Å². The van der Waals surface area contributed by atoms with E-state index in [4.69, 9.17) is 18.9 Å². The lowest BCUT2D eigenvalue weighted by Gasteiger charge is -2.10. The predicted molar refractivity (Wildman–Crippen MR) is 137 cm³/mol. The molecule has 0 amide bonds. The summed E-state index contributed by atoms with van der Waals surface area (Å²) in [5.41, 5.74) is 1.53. The van der Waals surface area contributed by atoms with Crippen LogP contribution in [0.15, 0.2) is 48.6 Å². The molecule has 0 spiro atoms. The van der Waals surface area contributed by atoms with Gasteiger partial charge in [-0.05, 0) is 47.5 Å². The standard InChI is InChI=1S/C25H26Br2O6/c1-30-24-15-18(5-9-22(24)32-13-11-26)3-7-20(28)17-21(29)8-4-19-6-10-23(33-14-12-27)25(16-19)31-2/h3-10,15-16H,11-14,17H2,1-2H3. The molecule has 0 aliphatic heterocycles. The molecule has 0 N–H and O–H groups in total. The summed E-state index contributed by atoms with van der Waals surface area (Å²) in [7, 11) is 3.11. The number of hydrogen-bond acceptors (Lipinski definition) is 6. The number of allylic oxidation sites excluding steroid dienone is 2. The topological polar surface area (TPSA) is 71.1 Å². The van der Waals surface area contributed by atoms with E-state index in [0.29, 0.717) is 46.9 Å². The van der Waals surface area contributed by atoms with Crippen molar-refractivity contribution < 1.29 is 28.5 Å². The Kier molecular flexibility index (Phi) is 11.8. The Morgan fingerprint density at radius 1 is 0.727 bits per heavy atom. The van der Waals surface area contributed by atoms with Gasteiger partial charge >= 0.3 is 0 Å². The van der Waals surface area contributed by atoms with Crippen molar-refractivity contribution in [3.63, 3.8) is 0 Å². The van der Waals surface area contributed by atoms with Crippen LogP contribution < -0.4 is 18.9 Å². The van der Waals surface area contributed by atoms with Crippen LogP contribution >= 0.6 is 31.9 Å². The number of rotatable bonds is 14. The molecule has 0 aliphatic carbocycles. The average Bonchev–Trinajstić information content (AvgIpc) is 2.83. The molecule has 0 saturated heterocycles. The minimum atomic E-state index is -0.292. The molecule has 2 aromatic carbocycles. The number of carbonyl (C=O) groups excluding carboxylic acids is 2. The molecule has 6 nitrogen and oxygen atoms in total. The highest BCUT2D eigenvalue weighted by Crippen LogP contribution is 2.29. The van der Waals surface area contributed by atoms with Gasteiger partial charge in [-0.2, -0.15) is 0 Å². The molecule has 0 atom stereocenters. The summed E-state index contributed by atoms with van der Waals surface area (Å²) in [6, 6.07) is 10.7. The van der Waals surface area contributed by atoms with Gasteiger partial charge in [0.15, 0.2) is 34.6 Å². The molecular formula is C25H26Br2O6. The minimum absolute atomic E-state index is 0.222. The average molecular weight is 582 g/mol. The number of benzene rings is 2. The van der Waals surface area contributed by atoms with Crippen LogP contribution in [0.2, 0.25) is 0 Å². The van der Waals surface area contributed by atoms with Gasteiger partial charge in [0.05, 0.1) is 33.9 Å². The van der Waals surface area contributed by atoms with Crippen molar-refractivity contribution in [2.24, 2.45) is 0 Å². The van der Waals surface area contributed by atoms with Crippen molar-refractivity contribution in [2.75, 3.05) is 38.1 Å². The van der Waals surface area contributed by atoms with Gasteiger partial charge < -0.3 is 18.9 Å². The normalized spacial score (nSPS) is 11.0. The number of methoxy groups -OCH3 is 2. The van der Waals surface area contributed by atoms with Crippen LogP contribution in [0.4, 0.5) is 0 Å². The molecule has 176 valence electrons. The second-order valence-electron chi connectivity index (χ2n) is 6.67. The van der Waals surface area contributed by atoms with Crippen molar-refractivity contribution in [1.82, 2.24) is 0 Å². The number of hydrogen-bond donors (Lipinski definition) is 0. The Balaban J connectivity index is 1.95. The molecule has 2 aromatic rings. The summed E-state index contributed by atoms with van der Waals surface area (Å²) >= 11 is 6.62. The predicted octanol–water partition coefficient (Wildman–Crippen LogP) is 5.51. The number of ether oxygens (including phenoxy) is 4.